The topological polar surface area (TPSA) is 124 Å². The number of Topliss-reactive ketones (excluding diaryl/α,β-unsaturated/α-hetero) is 1. The molecule has 1 aromatic heterocycles. The molecule has 0 radical (unpaired) electrons. The van der Waals surface area contributed by atoms with Gasteiger partial charge in [-0.1, -0.05) is 19.9 Å². The van der Waals surface area contributed by atoms with Crippen LogP contribution in [0.25, 0.3) is 0 Å². The van der Waals surface area contributed by atoms with Crippen molar-refractivity contribution in [1.29, 1.82) is 0 Å². The van der Waals surface area contributed by atoms with Crippen LogP contribution in [0.5, 0.6) is 11.5 Å². The smallest absolute Gasteiger partial charge is 0.327 e. The molecule has 1 aliphatic heterocycles. The first-order chi connectivity index (χ1) is 13.2. The summed E-state index contributed by atoms with van der Waals surface area (Å²) in [5.74, 6) is -0.150. The number of benzene rings is 1. The molecule has 2 aromatic rings. The lowest BCUT2D eigenvalue weighted by Gasteiger charge is -2.39. The number of aromatic nitrogens is 2. The van der Waals surface area contributed by atoms with Gasteiger partial charge in [-0.05, 0) is 35.1 Å². The van der Waals surface area contributed by atoms with Crippen molar-refractivity contribution in [3.05, 3.63) is 61.4 Å². The molecule has 146 valence electrons. The van der Waals surface area contributed by atoms with Crippen molar-refractivity contribution < 1.29 is 14.6 Å². The highest BCUT2D eigenvalue weighted by atomic mass is 16.5. The number of aromatic amines is 2. The van der Waals surface area contributed by atoms with E-state index in [1.165, 1.54) is 13.2 Å². The lowest BCUT2D eigenvalue weighted by molar-refractivity contribution is -0.118. The van der Waals surface area contributed by atoms with Gasteiger partial charge in [0.1, 0.15) is 5.82 Å². The van der Waals surface area contributed by atoms with Crippen molar-refractivity contribution in [3.63, 3.8) is 0 Å². The summed E-state index contributed by atoms with van der Waals surface area (Å²) >= 11 is 0. The first-order valence-electron chi connectivity index (χ1n) is 8.97. The van der Waals surface area contributed by atoms with Gasteiger partial charge in [-0.3, -0.25) is 19.6 Å². The molecule has 0 bridgehead atoms. The third-order valence-electron chi connectivity index (χ3n) is 5.31. The Morgan fingerprint density at radius 2 is 1.89 bits per heavy atom. The summed E-state index contributed by atoms with van der Waals surface area (Å²) in [4.78, 5) is 42.2. The van der Waals surface area contributed by atoms with Crippen molar-refractivity contribution in [2.45, 2.75) is 32.6 Å². The number of rotatable bonds is 2. The zero-order chi connectivity index (χ0) is 20.2. The van der Waals surface area contributed by atoms with Crippen LogP contribution in [0.1, 0.15) is 43.7 Å². The first-order valence-corrected chi connectivity index (χ1v) is 8.97. The summed E-state index contributed by atoms with van der Waals surface area (Å²) in [6.07, 6.45) is 0.972. The summed E-state index contributed by atoms with van der Waals surface area (Å²) in [6.45, 7) is 4.02. The van der Waals surface area contributed by atoms with E-state index in [1.54, 1.807) is 12.1 Å². The van der Waals surface area contributed by atoms with Crippen molar-refractivity contribution >= 4 is 11.6 Å². The van der Waals surface area contributed by atoms with Gasteiger partial charge in [0.15, 0.2) is 17.3 Å². The van der Waals surface area contributed by atoms with Crippen LogP contribution in [0.2, 0.25) is 0 Å². The van der Waals surface area contributed by atoms with Crippen LogP contribution in [0.15, 0.2) is 39.1 Å². The molecular weight excluding hydrogens is 362 g/mol. The van der Waals surface area contributed by atoms with E-state index in [0.717, 1.165) is 5.57 Å². The Balaban J connectivity index is 2.01. The van der Waals surface area contributed by atoms with Crippen molar-refractivity contribution in [3.8, 4) is 11.5 Å². The quantitative estimate of drug-likeness (QED) is 0.629. The van der Waals surface area contributed by atoms with Crippen LogP contribution < -0.4 is 21.3 Å². The van der Waals surface area contributed by atoms with E-state index in [2.05, 4.69) is 15.3 Å². The molecule has 0 fully saturated rings. The molecule has 8 heteroatoms. The van der Waals surface area contributed by atoms with Gasteiger partial charge in [-0.25, -0.2) is 4.79 Å². The standard InChI is InChI=1S/C20H21N3O5/c1-20(2)7-10-14(9-4-5-11(24)13(6-9)28-3)15-17(21-16(10)12(25)8-20)22-19(27)23-18(15)26/h4-6,14,24H,7-8H2,1-3H3,(H3,21,22,23,26,27). The maximum Gasteiger partial charge on any atom is 0.327 e. The number of nitrogens with one attached hydrogen (secondary N) is 3. The lowest BCUT2D eigenvalue weighted by Crippen LogP contribution is -2.38. The van der Waals surface area contributed by atoms with Gasteiger partial charge in [0.05, 0.1) is 18.4 Å². The second kappa shape index (κ2) is 6.12. The number of carbonyl (C=O) groups is 1. The minimum atomic E-state index is -0.647. The third-order valence-corrected chi connectivity index (χ3v) is 5.31. The average Bonchev–Trinajstić information content (AvgIpc) is 2.60. The monoisotopic (exact) mass is 383 g/mol. The second-order valence-electron chi connectivity index (χ2n) is 8.03. The number of H-pyrrole nitrogens is 2. The van der Waals surface area contributed by atoms with Gasteiger partial charge in [0.2, 0.25) is 0 Å². The minimum absolute atomic E-state index is 0.0231. The molecule has 0 amide bonds. The Hall–Kier alpha value is -3.29. The number of ether oxygens (including phenoxy) is 1. The second-order valence-corrected chi connectivity index (χ2v) is 8.03. The van der Waals surface area contributed by atoms with Gasteiger partial charge in [0, 0.05) is 12.3 Å². The molecule has 1 unspecified atom stereocenters. The molecule has 2 aliphatic rings. The number of ketones is 1. The van der Waals surface area contributed by atoms with Crippen LogP contribution in [0.4, 0.5) is 5.82 Å². The van der Waals surface area contributed by atoms with Crippen molar-refractivity contribution in [2.24, 2.45) is 5.41 Å². The first kappa shape index (κ1) is 18.1. The highest BCUT2D eigenvalue weighted by Gasteiger charge is 2.41. The Kier molecular flexibility index (Phi) is 3.95. The Bertz CT molecular complexity index is 1140. The average molecular weight is 383 g/mol. The number of phenols is 1. The van der Waals surface area contributed by atoms with E-state index < -0.39 is 17.2 Å². The van der Waals surface area contributed by atoms with E-state index >= 15 is 0 Å². The fourth-order valence-electron chi connectivity index (χ4n) is 4.18. The fraction of sp³-hybridized carbons (Fsp3) is 0.350. The van der Waals surface area contributed by atoms with E-state index in [4.69, 9.17) is 4.74 Å². The van der Waals surface area contributed by atoms with Crippen LogP contribution in [0, 0.1) is 5.41 Å². The number of hydrogen-bond donors (Lipinski definition) is 4. The summed E-state index contributed by atoms with van der Waals surface area (Å²) in [5, 5.41) is 12.9. The molecule has 0 saturated carbocycles. The summed E-state index contributed by atoms with van der Waals surface area (Å²) in [7, 11) is 1.44. The van der Waals surface area contributed by atoms with Gasteiger partial charge < -0.3 is 15.2 Å². The molecule has 0 spiro atoms. The number of hydrogen-bond acceptors (Lipinski definition) is 6. The number of fused-ring (bicyclic) bond motifs is 1. The maximum atomic E-state index is 12.8. The molecule has 1 aliphatic carbocycles. The highest BCUT2D eigenvalue weighted by Crippen LogP contribution is 2.49. The van der Waals surface area contributed by atoms with E-state index in [1.807, 2.05) is 13.8 Å². The van der Waals surface area contributed by atoms with Crippen LogP contribution in [-0.2, 0) is 4.79 Å². The molecule has 4 N–H and O–H groups in total. The minimum Gasteiger partial charge on any atom is -0.504 e. The molecule has 1 aromatic carbocycles. The van der Waals surface area contributed by atoms with Crippen molar-refractivity contribution in [2.75, 3.05) is 12.4 Å². The maximum absolute atomic E-state index is 12.8. The molecular formula is C20H21N3O5. The van der Waals surface area contributed by atoms with Crippen LogP contribution in [0.3, 0.4) is 0 Å². The van der Waals surface area contributed by atoms with E-state index in [-0.39, 0.29) is 28.5 Å². The predicted octanol–water partition coefficient (Wildman–Crippen LogP) is 1.98. The summed E-state index contributed by atoms with van der Waals surface area (Å²) in [6, 6.07) is 4.83. The Labute approximate surface area is 160 Å². The molecule has 2 heterocycles. The number of carbonyl (C=O) groups excluding carboxylic acids is 1. The normalized spacial score (nSPS) is 20.2. The van der Waals surface area contributed by atoms with Gasteiger partial charge >= 0.3 is 5.69 Å². The number of phenolic OH excluding ortho intramolecular Hbond substituents is 1. The van der Waals surface area contributed by atoms with E-state index in [9.17, 15) is 19.5 Å². The molecule has 1 atom stereocenters. The van der Waals surface area contributed by atoms with Gasteiger partial charge in [-0.15, -0.1) is 0 Å². The fourth-order valence-corrected chi connectivity index (χ4v) is 4.18. The zero-order valence-electron chi connectivity index (χ0n) is 15.8. The SMILES string of the molecule is COc1cc(C2C3=C(Nc4[nH]c(=O)[nH]c(=O)c42)C(=O)CC(C)(C)C3)ccc1O. The molecule has 0 saturated heterocycles. The van der Waals surface area contributed by atoms with Crippen LogP contribution >= 0.6 is 0 Å². The largest absolute Gasteiger partial charge is 0.504 e. The molecule has 4 rings (SSSR count). The number of anilines is 1. The number of methoxy groups -OCH3 is 1. The van der Waals surface area contributed by atoms with Gasteiger partial charge in [0.25, 0.3) is 5.56 Å². The lowest BCUT2D eigenvalue weighted by atomic mass is 9.68. The zero-order valence-corrected chi connectivity index (χ0v) is 15.8. The van der Waals surface area contributed by atoms with Crippen LogP contribution in [-0.4, -0.2) is 28.0 Å². The summed E-state index contributed by atoms with van der Waals surface area (Å²) in [5.41, 5.74) is 0.800. The number of aromatic hydroxyl groups is 1. The predicted molar refractivity (Wildman–Crippen MR) is 103 cm³/mol. The molecule has 8 nitrogen and oxygen atoms in total. The third kappa shape index (κ3) is 2.81. The molecule has 28 heavy (non-hydrogen) atoms. The number of allylic oxidation sites excluding steroid dienone is 2. The Morgan fingerprint density at radius 1 is 1.14 bits per heavy atom. The summed E-state index contributed by atoms with van der Waals surface area (Å²) < 4.78 is 5.22. The van der Waals surface area contributed by atoms with Crippen molar-refractivity contribution in [1.82, 2.24) is 9.97 Å². The highest BCUT2D eigenvalue weighted by molar-refractivity contribution is 6.01. The van der Waals surface area contributed by atoms with Gasteiger partial charge in [-0.2, -0.15) is 0 Å². The van der Waals surface area contributed by atoms with E-state index in [0.29, 0.717) is 29.7 Å². The Morgan fingerprint density at radius 3 is 2.61 bits per heavy atom.